The van der Waals surface area contributed by atoms with Crippen LogP contribution in [0.5, 0.6) is 23.0 Å². The van der Waals surface area contributed by atoms with Gasteiger partial charge in [-0.1, -0.05) is 102 Å². The average molecular weight is 669 g/mol. The minimum atomic E-state index is -0.639. The minimum Gasteiger partial charge on any atom is -0.508 e. The van der Waals surface area contributed by atoms with Gasteiger partial charge in [-0.05, 0) is 68.8 Å². The molecule has 0 saturated carbocycles. The summed E-state index contributed by atoms with van der Waals surface area (Å²) in [6.07, 6.45) is 0. The van der Waals surface area contributed by atoms with E-state index in [0.29, 0.717) is 33.6 Å². The summed E-state index contributed by atoms with van der Waals surface area (Å²) in [5.41, 5.74) is 1.86. The van der Waals surface area contributed by atoms with Gasteiger partial charge in [0.05, 0.1) is 11.1 Å². The molecule has 0 aliphatic heterocycles. The fraction of sp³-hybridized carbons (Fsp3) is 0.190. The lowest BCUT2D eigenvalue weighted by Crippen LogP contribution is -2.17. The number of benzene rings is 6. The van der Waals surface area contributed by atoms with Crippen molar-refractivity contribution in [1.82, 2.24) is 0 Å². The lowest BCUT2D eigenvalue weighted by molar-refractivity contribution is 0.101. The molecule has 0 fully saturated rings. The van der Waals surface area contributed by atoms with Gasteiger partial charge in [0.1, 0.15) is 23.0 Å². The van der Waals surface area contributed by atoms with Crippen molar-refractivity contribution in [2.75, 3.05) is 10.6 Å². The first-order chi connectivity index (χ1) is 23.5. The van der Waals surface area contributed by atoms with Crippen LogP contribution in [0.2, 0.25) is 0 Å². The van der Waals surface area contributed by atoms with Crippen LogP contribution >= 0.6 is 0 Å². The van der Waals surface area contributed by atoms with Crippen molar-refractivity contribution in [3.05, 3.63) is 119 Å². The molecular formula is C42H40N2O6. The van der Waals surface area contributed by atoms with Crippen LogP contribution in [0.25, 0.3) is 32.7 Å². The van der Waals surface area contributed by atoms with Crippen LogP contribution in [0.3, 0.4) is 0 Å². The number of aromatic hydroxyl groups is 4. The molecule has 0 atom stereocenters. The highest BCUT2D eigenvalue weighted by atomic mass is 16.3. The van der Waals surface area contributed by atoms with Crippen LogP contribution in [0.4, 0.5) is 11.4 Å². The van der Waals surface area contributed by atoms with E-state index in [9.17, 15) is 30.0 Å². The fourth-order valence-electron chi connectivity index (χ4n) is 6.39. The zero-order valence-electron chi connectivity index (χ0n) is 28.8. The van der Waals surface area contributed by atoms with Gasteiger partial charge >= 0.3 is 0 Å². The molecule has 2 amide bonds. The molecule has 6 rings (SSSR count). The number of phenols is 4. The minimum absolute atomic E-state index is 0.102. The van der Waals surface area contributed by atoms with Gasteiger partial charge in [-0.15, -0.1) is 0 Å². The predicted molar refractivity (Wildman–Crippen MR) is 200 cm³/mol. The van der Waals surface area contributed by atoms with Crippen molar-refractivity contribution in [3.63, 3.8) is 0 Å². The van der Waals surface area contributed by atoms with E-state index in [1.54, 1.807) is 12.1 Å². The molecule has 50 heavy (non-hydrogen) atoms. The van der Waals surface area contributed by atoms with E-state index in [-0.39, 0.29) is 34.1 Å². The molecule has 6 aromatic carbocycles. The summed E-state index contributed by atoms with van der Waals surface area (Å²) in [7, 11) is 0. The van der Waals surface area contributed by atoms with Gasteiger partial charge in [0, 0.05) is 33.6 Å². The SMILES string of the molecule is CC(C)(C)c1cc(O)c(C(=O)Nc2ccc3ccccc3c2-c2c(NC(=O)c3cc(O)c(C(C)(C)C)cc3O)ccc3ccccc23)cc1O. The zero-order chi connectivity index (χ0) is 36.1. The molecule has 8 nitrogen and oxygen atoms in total. The third-order valence-electron chi connectivity index (χ3n) is 8.94. The Bertz CT molecular complexity index is 2160. The van der Waals surface area contributed by atoms with Crippen LogP contribution < -0.4 is 10.6 Å². The molecule has 0 bridgehead atoms. The van der Waals surface area contributed by atoms with E-state index in [0.717, 1.165) is 21.5 Å². The van der Waals surface area contributed by atoms with E-state index in [1.807, 2.05) is 102 Å². The Morgan fingerprint density at radius 3 is 1.20 bits per heavy atom. The van der Waals surface area contributed by atoms with E-state index in [1.165, 1.54) is 24.3 Å². The van der Waals surface area contributed by atoms with Gasteiger partial charge in [0.25, 0.3) is 11.8 Å². The molecule has 0 aliphatic rings. The van der Waals surface area contributed by atoms with Crippen molar-refractivity contribution in [3.8, 4) is 34.1 Å². The van der Waals surface area contributed by atoms with Crippen molar-refractivity contribution < 1.29 is 30.0 Å². The smallest absolute Gasteiger partial charge is 0.259 e. The Hall–Kier alpha value is -6.02. The van der Waals surface area contributed by atoms with Gasteiger partial charge < -0.3 is 31.1 Å². The Labute approximate surface area is 290 Å². The summed E-state index contributed by atoms with van der Waals surface area (Å²) in [6, 6.07) is 27.9. The number of fused-ring (bicyclic) bond motifs is 2. The number of carbonyl (C=O) groups excluding carboxylic acids is 2. The maximum absolute atomic E-state index is 13.8. The third kappa shape index (κ3) is 6.28. The predicted octanol–water partition coefficient (Wildman–Crippen LogP) is 9.58. The maximum atomic E-state index is 13.8. The highest BCUT2D eigenvalue weighted by molar-refractivity contribution is 6.19. The molecule has 0 aliphatic carbocycles. The molecule has 6 aromatic rings. The summed E-state index contributed by atoms with van der Waals surface area (Å²) in [6.45, 7) is 11.4. The number of phenolic OH excluding ortho intramolecular Hbond substituents is 4. The van der Waals surface area contributed by atoms with Crippen LogP contribution in [-0.4, -0.2) is 32.2 Å². The summed E-state index contributed by atoms with van der Waals surface area (Å²) in [5, 5.41) is 52.7. The van der Waals surface area contributed by atoms with Crippen molar-refractivity contribution in [2.24, 2.45) is 0 Å². The number of rotatable bonds is 5. The Morgan fingerprint density at radius 1 is 0.480 bits per heavy atom. The normalized spacial score (nSPS) is 11.9. The van der Waals surface area contributed by atoms with Crippen molar-refractivity contribution >= 4 is 44.7 Å². The summed E-state index contributed by atoms with van der Waals surface area (Å²) >= 11 is 0. The van der Waals surface area contributed by atoms with E-state index >= 15 is 0 Å². The quantitative estimate of drug-likeness (QED) is 0.101. The number of anilines is 2. The first-order valence-corrected chi connectivity index (χ1v) is 16.3. The third-order valence-corrected chi connectivity index (χ3v) is 8.94. The molecule has 0 saturated heterocycles. The molecule has 0 radical (unpaired) electrons. The van der Waals surface area contributed by atoms with Gasteiger partial charge in [-0.2, -0.15) is 0 Å². The van der Waals surface area contributed by atoms with Crippen LogP contribution in [0.1, 0.15) is 73.4 Å². The Balaban J connectivity index is 1.52. The highest BCUT2D eigenvalue weighted by Crippen LogP contribution is 2.45. The van der Waals surface area contributed by atoms with Gasteiger partial charge in [-0.3, -0.25) is 9.59 Å². The second-order valence-electron chi connectivity index (χ2n) is 14.6. The van der Waals surface area contributed by atoms with Gasteiger partial charge in [0.15, 0.2) is 0 Å². The number of amides is 2. The number of carbonyl (C=O) groups is 2. The molecule has 254 valence electrons. The largest absolute Gasteiger partial charge is 0.508 e. The van der Waals surface area contributed by atoms with E-state index in [2.05, 4.69) is 10.6 Å². The first-order valence-electron chi connectivity index (χ1n) is 16.3. The van der Waals surface area contributed by atoms with Crippen LogP contribution in [0, 0.1) is 0 Å². The summed E-state index contributed by atoms with van der Waals surface area (Å²) in [5.74, 6) is -2.04. The standard InChI is InChI=1S/C42H40N2O6/c1-41(2,3)29-21-33(45)27(19-35(29)47)39(49)43-31-17-15-23-11-7-9-13-25(23)37(31)38-26-14-10-8-12-24(26)16-18-32(38)44-40(50)28-20-36(48)30(22-34(28)46)42(4,5)6/h7-22,45-48H,1-6H3,(H,43,49)(H,44,50). The van der Waals surface area contributed by atoms with Gasteiger partial charge in [0.2, 0.25) is 0 Å². The molecule has 6 N–H and O–H groups in total. The first kappa shape index (κ1) is 33.9. The second-order valence-corrected chi connectivity index (χ2v) is 14.6. The fourth-order valence-corrected chi connectivity index (χ4v) is 6.39. The molecule has 0 unspecified atom stereocenters. The van der Waals surface area contributed by atoms with Crippen LogP contribution in [0.15, 0.2) is 97.1 Å². The van der Waals surface area contributed by atoms with Crippen molar-refractivity contribution in [2.45, 2.75) is 52.4 Å². The number of hydrogen-bond acceptors (Lipinski definition) is 6. The van der Waals surface area contributed by atoms with Gasteiger partial charge in [-0.25, -0.2) is 0 Å². The average Bonchev–Trinajstić information content (AvgIpc) is 3.05. The van der Waals surface area contributed by atoms with Crippen LogP contribution in [-0.2, 0) is 10.8 Å². The molecule has 0 aromatic heterocycles. The lowest BCUT2D eigenvalue weighted by Gasteiger charge is -2.23. The molecule has 8 heteroatoms. The monoisotopic (exact) mass is 668 g/mol. The zero-order valence-corrected chi connectivity index (χ0v) is 28.8. The molecule has 0 heterocycles. The highest BCUT2D eigenvalue weighted by Gasteiger charge is 2.26. The molecular weight excluding hydrogens is 628 g/mol. The number of hydrogen-bond donors (Lipinski definition) is 6. The topological polar surface area (TPSA) is 139 Å². The second kappa shape index (κ2) is 12.5. The Kier molecular flexibility index (Phi) is 8.44. The molecule has 0 spiro atoms. The maximum Gasteiger partial charge on any atom is 0.259 e. The summed E-state index contributed by atoms with van der Waals surface area (Å²) < 4.78 is 0. The van der Waals surface area contributed by atoms with Crippen molar-refractivity contribution in [1.29, 1.82) is 0 Å². The van der Waals surface area contributed by atoms with E-state index < -0.39 is 22.6 Å². The van der Waals surface area contributed by atoms with E-state index in [4.69, 9.17) is 0 Å². The number of nitrogens with one attached hydrogen (secondary N) is 2. The lowest BCUT2D eigenvalue weighted by atomic mass is 9.85. The summed E-state index contributed by atoms with van der Waals surface area (Å²) in [4.78, 5) is 27.7. The Morgan fingerprint density at radius 2 is 0.840 bits per heavy atom.